The molecule has 1 atom stereocenters. The lowest BCUT2D eigenvalue weighted by Crippen LogP contribution is -2.40. The number of carbonyl (C=O) groups excluding carboxylic acids is 4. The molecule has 1 N–H and O–H groups in total. The van der Waals surface area contributed by atoms with Crippen LogP contribution in [0.2, 0.25) is 0 Å². The Labute approximate surface area is 178 Å². The van der Waals surface area contributed by atoms with Crippen molar-refractivity contribution < 1.29 is 28.3 Å². The van der Waals surface area contributed by atoms with Gasteiger partial charge in [0, 0.05) is 11.6 Å². The van der Waals surface area contributed by atoms with Gasteiger partial charge in [-0.25, -0.2) is 4.39 Å². The second kappa shape index (κ2) is 8.67. The van der Waals surface area contributed by atoms with E-state index >= 15 is 0 Å². The molecule has 4 rings (SSSR count). The van der Waals surface area contributed by atoms with E-state index in [9.17, 15) is 23.6 Å². The number of ether oxygens (including phenoxy) is 1. The zero-order valence-corrected chi connectivity index (χ0v) is 16.7. The zero-order valence-electron chi connectivity index (χ0n) is 16.7. The lowest BCUT2D eigenvalue weighted by Gasteiger charge is -2.22. The van der Waals surface area contributed by atoms with Crippen LogP contribution in [0.15, 0.2) is 48.5 Å². The molecule has 1 heterocycles. The van der Waals surface area contributed by atoms with E-state index in [1.165, 1.54) is 36.4 Å². The highest BCUT2D eigenvalue weighted by Gasteiger charge is 2.37. The number of carbonyl (C=O) groups is 4. The minimum atomic E-state index is -1.32. The van der Waals surface area contributed by atoms with Crippen LogP contribution < -0.4 is 5.32 Å². The molecule has 0 radical (unpaired) electrons. The molecule has 2 aliphatic rings. The van der Waals surface area contributed by atoms with Crippen LogP contribution in [0.4, 0.5) is 4.39 Å². The van der Waals surface area contributed by atoms with Crippen LogP contribution in [0, 0.1) is 5.82 Å². The highest BCUT2D eigenvalue weighted by Crippen LogP contribution is 2.25. The third-order valence-corrected chi connectivity index (χ3v) is 5.53. The van der Waals surface area contributed by atoms with Gasteiger partial charge in [0.15, 0.2) is 0 Å². The predicted molar refractivity (Wildman–Crippen MR) is 107 cm³/mol. The molecule has 0 spiro atoms. The van der Waals surface area contributed by atoms with E-state index in [1.54, 1.807) is 12.1 Å². The number of rotatable bonds is 6. The molecule has 0 saturated heterocycles. The lowest BCUT2D eigenvalue weighted by atomic mass is 10.1. The number of esters is 1. The largest absolute Gasteiger partial charge is 0.446 e. The van der Waals surface area contributed by atoms with Crippen molar-refractivity contribution in [2.45, 2.75) is 37.8 Å². The van der Waals surface area contributed by atoms with Gasteiger partial charge in [0.2, 0.25) is 6.10 Å². The summed E-state index contributed by atoms with van der Waals surface area (Å²) >= 11 is 0. The van der Waals surface area contributed by atoms with E-state index in [0.717, 1.165) is 30.6 Å². The van der Waals surface area contributed by atoms with Crippen molar-refractivity contribution in [3.05, 3.63) is 71.0 Å². The van der Waals surface area contributed by atoms with Crippen molar-refractivity contribution >= 4 is 23.7 Å². The minimum Gasteiger partial charge on any atom is -0.446 e. The van der Waals surface area contributed by atoms with Crippen LogP contribution in [0.25, 0.3) is 0 Å². The van der Waals surface area contributed by atoms with Crippen LogP contribution in [0.5, 0.6) is 0 Å². The predicted octanol–water partition coefficient (Wildman–Crippen LogP) is 2.77. The molecular weight excluding hydrogens is 403 g/mol. The van der Waals surface area contributed by atoms with E-state index in [2.05, 4.69) is 5.32 Å². The molecule has 7 nitrogen and oxygen atoms in total. The van der Waals surface area contributed by atoms with Crippen LogP contribution in [-0.4, -0.2) is 41.2 Å². The molecule has 1 saturated carbocycles. The summed E-state index contributed by atoms with van der Waals surface area (Å²) in [5.41, 5.74) is 0.733. The number of nitrogens with zero attached hydrogens (tertiary/aromatic N) is 1. The van der Waals surface area contributed by atoms with Crippen LogP contribution >= 0.6 is 0 Å². The summed E-state index contributed by atoms with van der Waals surface area (Å²) in [6, 6.07) is 11.3. The van der Waals surface area contributed by atoms with Gasteiger partial charge < -0.3 is 10.1 Å². The number of imide groups is 1. The van der Waals surface area contributed by atoms with Gasteiger partial charge in [0.25, 0.3) is 17.7 Å². The van der Waals surface area contributed by atoms with Gasteiger partial charge in [-0.3, -0.25) is 24.1 Å². The summed E-state index contributed by atoms with van der Waals surface area (Å²) in [5, 5.41) is 2.87. The molecule has 0 bridgehead atoms. The molecule has 31 heavy (non-hydrogen) atoms. The first kappa shape index (κ1) is 20.7. The Morgan fingerprint density at radius 1 is 1.00 bits per heavy atom. The Hall–Kier alpha value is -3.55. The summed E-state index contributed by atoms with van der Waals surface area (Å²) in [7, 11) is 0. The van der Waals surface area contributed by atoms with E-state index < -0.39 is 42.2 Å². The first-order valence-electron chi connectivity index (χ1n) is 10.1. The molecule has 8 heteroatoms. The number of halogens is 1. The monoisotopic (exact) mass is 424 g/mol. The van der Waals surface area contributed by atoms with Crippen LogP contribution in [0.3, 0.4) is 0 Å². The normalized spacial score (nSPS) is 16.9. The van der Waals surface area contributed by atoms with Crippen LogP contribution in [-0.2, 0) is 14.3 Å². The first-order chi connectivity index (χ1) is 14.9. The second-order valence-corrected chi connectivity index (χ2v) is 7.65. The molecule has 3 amide bonds. The lowest BCUT2D eigenvalue weighted by molar-refractivity contribution is -0.156. The first-order valence-corrected chi connectivity index (χ1v) is 10.1. The summed E-state index contributed by atoms with van der Waals surface area (Å²) in [6.07, 6.45) is 2.37. The summed E-state index contributed by atoms with van der Waals surface area (Å²) < 4.78 is 18.7. The molecular formula is C23H21FN2O5. The number of fused-ring (bicyclic) bond motifs is 1. The Morgan fingerprint density at radius 3 is 2.16 bits per heavy atom. The summed E-state index contributed by atoms with van der Waals surface area (Å²) in [4.78, 5) is 51.2. The number of hydrogen-bond acceptors (Lipinski definition) is 5. The Bertz CT molecular complexity index is 996. The number of nitrogens with one attached hydrogen (secondary N) is 1. The Morgan fingerprint density at radius 2 is 1.58 bits per heavy atom. The topological polar surface area (TPSA) is 92.8 Å². The van der Waals surface area contributed by atoms with Gasteiger partial charge in [0.1, 0.15) is 12.4 Å². The van der Waals surface area contributed by atoms with Crippen molar-refractivity contribution in [1.82, 2.24) is 10.2 Å². The number of benzene rings is 2. The number of hydrogen-bond donors (Lipinski definition) is 1. The maximum absolute atomic E-state index is 13.3. The quantitative estimate of drug-likeness (QED) is 0.569. The van der Waals surface area contributed by atoms with E-state index in [1.807, 2.05) is 0 Å². The average molecular weight is 424 g/mol. The molecule has 1 fully saturated rings. The highest BCUT2D eigenvalue weighted by atomic mass is 19.1. The maximum Gasteiger partial charge on any atom is 0.327 e. The van der Waals surface area contributed by atoms with Crippen molar-refractivity contribution in [3.63, 3.8) is 0 Å². The fraction of sp³-hybridized carbons (Fsp3) is 0.304. The summed E-state index contributed by atoms with van der Waals surface area (Å²) in [5.74, 6) is -3.10. The average Bonchev–Trinajstić information content (AvgIpc) is 3.36. The molecule has 160 valence electrons. The fourth-order valence-electron chi connectivity index (χ4n) is 3.94. The van der Waals surface area contributed by atoms with Gasteiger partial charge in [0.05, 0.1) is 11.1 Å². The smallest absolute Gasteiger partial charge is 0.327 e. The second-order valence-electron chi connectivity index (χ2n) is 7.65. The van der Waals surface area contributed by atoms with E-state index in [0.29, 0.717) is 5.56 Å². The van der Waals surface area contributed by atoms with E-state index in [-0.39, 0.29) is 17.2 Å². The SMILES string of the molecule is O=C(CN1C(=O)c2ccccc2C1=O)O[C@H](C(=O)NC1CCCC1)c1ccc(F)cc1. The Kier molecular flexibility index (Phi) is 5.79. The van der Waals surface area contributed by atoms with Crippen molar-refractivity contribution in [2.75, 3.05) is 6.54 Å². The maximum atomic E-state index is 13.3. The van der Waals surface area contributed by atoms with Crippen LogP contribution in [0.1, 0.15) is 58.1 Å². The van der Waals surface area contributed by atoms with Gasteiger partial charge in [-0.15, -0.1) is 0 Å². The van der Waals surface area contributed by atoms with Gasteiger partial charge >= 0.3 is 5.97 Å². The molecule has 0 aromatic heterocycles. The molecule has 2 aromatic rings. The third kappa shape index (κ3) is 4.33. The summed E-state index contributed by atoms with van der Waals surface area (Å²) in [6.45, 7) is -0.624. The molecule has 2 aromatic carbocycles. The van der Waals surface area contributed by atoms with E-state index in [4.69, 9.17) is 4.74 Å². The van der Waals surface area contributed by atoms with Gasteiger partial charge in [-0.1, -0.05) is 37.1 Å². The van der Waals surface area contributed by atoms with Crippen molar-refractivity contribution in [1.29, 1.82) is 0 Å². The van der Waals surface area contributed by atoms with Crippen molar-refractivity contribution in [2.24, 2.45) is 0 Å². The standard InChI is InChI=1S/C23H21FN2O5/c24-15-11-9-14(10-12-15)20(21(28)25-16-5-1-2-6-16)31-19(27)13-26-22(29)17-7-3-4-8-18(17)23(26)30/h3-4,7-12,16,20H,1-2,5-6,13H2,(H,25,28)/t20-/m0/s1. The van der Waals surface area contributed by atoms with Gasteiger partial charge in [-0.05, 0) is 37.1 Å². The molecule has 0 unspecified atom stereocenters. The molecule has 1 aliphatic heterocycles. The van der Waals surface area contributed by atoms with Gasteiger partial charge in [-0.2, -0.15) is 0 Å². The zero-order chi connectivity index (χ0) is 22.0. The fourth-order valence-corrected chi connectivity index (χ4v) is 3.94. The molecule has 1 aliphatic carbocycles. The Balaban J connectivity index is 1.49. The highest BCUT2D eigenvalue weighted by molar-refractivity contribution is 6.22. The van der Waals surface area contributed by atoms with Crippen molar-refractivity contribution in [3.8, 4) is 0 Å². The third-order valence-electron chi connectivity index (χ3n) is 5.53. The number of amides is 3. The minimum absolute atomic E-state index is 0.00890.